The first-order valence-electron chi connectivity index (χ1n) is 10.1. The van der Waals surface area contributed by atoms with Gasteiger partial charge in [0.15, 0.2) is 0 Å². The lowest BCUT2D eigenvalue weighted by molar-refractivity contribution is -0.134. The van der Waals surface area contributed by atoms with E-state index in [9.17, 15) is 4.79 Å². The first-order chi connectivity index (χ1) is 14.5. The molecule has 0 aliphatic carbocycles. The van der Waals surface area contributed by atoms with E-state index in [1.54, 1.807) is 19.2 Å². The number of benzene rings is 2. The van der Waals surface area contributed by atoms with Crippen molar-refractivity contribution in [2.45, 2.75) is 26.3 Å². The number of hydrogen-bond acceptors (Lipinski definition) is 5. The molecule has 1 heterocycles. The molecule has 7 heteroatoms. The lowest BCUT2D eigenvalue weighted by Gasteiger charge is -2.25. The third-order valence-electron chi connectivity index (χ3n) is 5.39. The third kappa shape index (κ3) is 4.84. The Kier molecular flexibility index (Phi) is 7.50. The molecule has 1 amide bonds. The van der Waals surface area contributed by atoms with Crippen LogP contribution in [0, 0.1) is 0 Å². The van der Waals surface area contributed by atoms with Crippen LogP contribution in [-0.2, 0) is 4.79 Å². The van der Waals surface area contributed by atoms with Crippen LogP contribution >= 0.6 is 15.9 Å². The van der Waals surface area contributed by atoms with Gasteiger partial charge in [-0.25, -0.2) is 5.01 Å². The van der Waals surface area contributed by atoms with E-state index in [1.165, 1.54) is 0 Å². The topological polar surface area (TPSA) is 54.4 Å². The van der Waals surface area contributed by atoms with Gasteiger partial charge in [-0.15, -0.1) is 0 Å². The van der Waals surface area contributed by atoms with Crippen molar-refractivity contribution in [1.29, 1.82) is 0 Å². The molecule has 2 aromatic carbocycles. The summed E-state index contributed by atoms with van der Waals surface area (Å²) in [5.41, 5.74) is 2.70. The lowest BCUT2D eigenvalue weighted by atomic mass is 9.97. The van der Waals surface area contributed by atoms with Gasteiger partial charge in [0.05, 0.1) is 32.5 Å². The fourth-order valence-corrected chi connectivity index (χ4v) is 3.86. The number of ether oxygens (including phenoxy) is 2. The summed E-state index contributed by atoms with van der Waals surface area (Å²) in [6.45, 7) is 6.09. The highest BCUT2D eigenvalue weighted by atomic mass is 79.9. The first kappa shape index (κ1) is 22.3. The highest BCUT2D eigenvalue weighted by molar-refractivity contribution is 9.10. The molecule has 0 bridgehead atoms. The zero-order valence-corrected chi connectivity index (χ0v) is 19.5. The lowest BCUT2D eigenvalue weighted by Crippen LogP contribution is -2.38. The number of nitrogens with zero attached hydrogens (tertiary/aromatic N) is 3. The number of methoxy groups -OCH3 is 2. The number of rotatable bonds is 8. The Morgan fingerprint density at radius 1 is 1.13 bits per heavy atom. The van der Waals surface area contributed by atoms with Crippen LogP contribution in [-0.4, -0.2) is 55.4 Å². The van der Waals surface area contributed by atoms with Crippen molar-refractivity contribution in [3.05, 3.63) is 58.1 Å². The van der Waals surface area contributed by atoms with E-state index < -0.39 is 0 Å². The zero-order valence-electron chi connectivity index (χ0n) is 17.9. The van der Waals surface area contributed by atoms with E-state index in [-0.39, 0.29) is 11.9 Å². The summed E-state index contributed by atoms with van der Waals surface area (Å²) in [7, 11) is 3.27. The highest BCUT2D eigenvalue weighted by Gasteiger charge is 2.34. The number of hydrazone groups is 1. The molecule has 1 aliphatic rings. The average Bonchev–Trinajstić information content (AvgIpc) is 3.22. The number of carbonyl (C=O) groups is 1. The van der Waals surface area contributed by atoms with Crippen molar-refractivity contribution in [3.63, 3.8) is 0 Å². The van der Waals surface area contributed by atoms with Crippen LogP contribution in [0.15, 0.2) is 52.0 Å². The summed E-state index contributed by atoms with van der Waals surface area (Å²) in [4.78, 5) is 15.3. The molecule has 30 heavy (non-hydrogen) atoms. The van der Waals surface area contributed by atoms with Crippen molar-refractivity contribution in [2.24, 2.45) is 5.10 Å². The van der Waals surface area contributed by atoms with Crippen LogP contribution in [0.3, 0.4) is 0 Å². The van der Waals surface area contributed by atoms with E-state index in [1.807, 2.05) is 42.5 Å². The number of halogens is 1. The van der Waals surface area contributed by atoms with Crippen LogP contribution in [0.2, 0.25) is 0 Å². The molecule has 0 N–H and O–H groups in total. The molecule has 160 valence electrons. The molecule has 0 fully saturated rings. The molecule has 0 saturated carbocycles. The quantitative estimate of drug-likeness (QED) is 0.566. The largest absolute Gasteiger partial charge is 0.497 e. The molecule has 2 aromatic rings. The van der Waals surface area contributed by atoms with Crippen LogP contribution < -0.4 is 9.47 Å². The third-order valence-corrected chi connectivity index (χ3v) is 5.92. The minimum Gasteiger partial charge on any atom is -0.497 e. The smallest absolute Gasteiger partial charge is 0.257 e. The maximum atomic E-state index is 13.2. The fraction of sp³-hybridized carbons (Fsp3) is 0.391. The van der Waals surface area contributed by atoms with Crippen molar-refractivity contribution in [2.75, 3.05) is 33.9 Å². The van der Waals surface area contributed by atoms with Gasteiger partial charge in [-0.3, -0.25) is 9.69 Å². The second kappa shape index (κ2) is 10.1. The van der Waals surface area contributed by atoms with Crippen molar-refractivity contribution < 1.29 is 14.3 Å². The van der Waals surface area contributed by atoms with Gasteiger partial charge in [-0.1, -0.05) is 41.9 Å². The van der Waals surface area contributed by atoms with Gasteiger partial charge in [0.2, 0.25) is 0 Å². The molecule has 0 saturated heterocycles. The fourth-order valence-electron chi connectivity index (χ4n) is 3.60. The van der Waals surface area contributed by atoms with Crippen molar-refractivity contribution >= 4 is 27.5 Å². The van der Waals surface area contributed by atoms with Gasteiger partial charge in [-0.05, 0) is 49.0 Å². The normalized spacial score (nSPS) is 16.0. The summed E-state index contributed by atoms with van der Waals surface area (Å²) in [5.74, 6) is 1.42. The van der Waals surface area contributed by atoms with E-state index in [4.69, 9.17) is 14.6 Å². The molecule has 0 radical (unpaired) electrons. The molecule has 0 unspecified atom stereocenters. The van der Waals surface area contributed by atoms with Crippen molar-refractivity contribution in [3.8, 4) is 11.5 Å². The Morgan fingerprint density at radius 2 is 1.83 bits per heavy atom. The number of amides is 1. The summed E-state index contributed by atoms with van der Waals surface area (Å²) in [6.07, 6.45) is 0.606. The summed E-state index contributed by atoms with van der Waals surface area (Å²) in [6, 6.07) is 13.5. The summed E-state index contributed by atoms with van der Waals surface area (Å²) >= 11 is 3.49. The molecule has 3 rings (SSSR count). The van der Waals surface area contributed by atoms with Gasteiger partial charge in [-0.2, -0.15) is 5.10 Å². The van der Waals surface area contributed by atoms with Crippen molar-refractivity contribution in [1.82, 2.24) is 9.91 Å². The van der Waals surface area contributed by atoms with Gasteiger partial charge < -0.3 is 9.47 Å². The average molecular weight is 474 g/mol. The minimum absolute atomic E-state index is 0.0107. The number of carbonyl (C=O) groups excluding carboxylic acids is 1. The maximum Gasteiger partial charge on any atom is 0.257 e. The van der Waals surface area contributed by atoms with E-state index in [0.717, 1.165) is 40.2 Å². The Balaban J connectivity index is 1.99. The van der Waals surface area contributed by atoms with Crippen LogP contribution in [0.1, 0.15) is 37.4 Å². The predicted molar refractivity (Wildman–Crippen MR) is 122 cm³/mol. The molecule has 1 atom stereocenters. The van der Waals surface area contributed by atoms with Gasteiger partial charge >= 0.3 is 0 Å². The highest BCUT2D eigenvalue weighted by Crippen LogP contribution is 2.36. The molecular weight excluding hydrogens is 446 g/mol. The van der Waals surface area contributed by atoms with E-state index in [0.29, 0.717) is 18.7 Å². The summed E-state index contributed by atoms with van der Waals surface area (Å²) in [5, 5.41) is 6.41. The van der Waals surface area contributed by atoms with Crippen LogP contribution in [0.4, 0.5) is 0 Å². The Bertz CT molecular complexity index is 910. The Labute approximate surface area is 186 Å². The molecule has 0 aromatic heterocycles. The summed E-state index contributed by atoms with van der Waals surface area (Å²) < 4.78 is 11.9. The Hall–Kier alpha value is -2.38. The molecule has 0 spiro atoms. The minimum atomic E-state index is -0.160. The Morgan fingerprint density at radius 3 is 2.43 bits per heavy atom. The first-order valence-corrected chi connectivity index (χ1v) is 10.9. The standard InChI is InChI=1S/C23H28BrN3O3/c1-5-26(6-2)15-23(28)27-21(16-7-9-17(24)10-8-16)14-20(25-27)19-13-18(29-3)11-12-22(19)30-4/h7-13,21H,5-6,14-15H2,1-4H3/t21-/m0/s1. The van der Waals surface area contributed by atoms with Gasteiger partial charge in [0.25, 0.3) is 5.91 Å². The zero-order chi connectivity index (χ0) is 21.7. The van der Waals surface area contributed by atoms with E-state index >= 15 is 0 Å². The monoisotopic (exact) mass is 473 g/mol. The van der Waals surface area contributed by atoms with Gasteiger partial charge in [0, 0.05) is 16.5 Å². The molecule has 6 nitrogen and oxygen atoms in total. The SMILES string of the molecule is CCN(CC)CC(=O)N1N=C(c2cc(OC)ccc2OC)C[C@H]1c1ccc(Br)cc1. The number of hydrogen-bond donors (Lipinski definition) is 0. The van der Waals surface area contributed by atoms with E-state index in [2.05, 4.69) is 34.7 Å². The second-order valence-electron chi connectivity index (χ2n) is 7.08. The number of likely N-dealkylation sites (N-methyl/N-ethyl adjacent to an activating group) is 1. The van der Waals surface area contributed by atoms with Gasteiger partial charge in [0.1, 0.15) is 11.5 Å². The predicted octanol–water partition coefficient (Wildman–Crippen LogP) is 4.49. The second-order valence-corrected chi connectivity index (χ2v) is 8.00. The van der Waals surface area contributed by atoms with Crippen LogP contribution in [0.5, 0.6) is 11.5 Å². The van der Waals surface area contributed by atoms with Crippen LogP contribution in [0.25, 0.3) is 0 Å². The molecule has 1 aliphatic heterocycles. The maximum absolute atomic E-state index is 13.2. The molecular formula is C23H28BrN3O3.